The van der Waals surface area contributed by atoms with E-state index in [0.29, 0.717) is 26.2 Å². The number of rotatable bonds is 4. The number of sulfonamides is 1. The molecule has 1 fully saturated rings. The van der Waals surface area contributed by atoms with E-state index in [-0.39, 0.29) is 24.0 Å². The molecule has 0 spiro atoms. The molecule has 1 aromatic rings. The summed E-state index contributed by atoms with van der Waals surface area (Å²) in [5.74, 6) is -0.205. The third-order valence-corrected chi connectivity index (χ3v) is 7.57. The summed E-state index contributed by atoms with van der Waals surface area (Å²) < 4.78 is 25.2. The average molecular weight is 383 g/mol. The number of amides is 2. The van der Waals surface area contributed by atoms with Gasteiger partial charge in [0.2, 0.25) is 21.8 Å². The first-order chi connectivity index (χ1) is 11.9. The maximum Gasteiger partial charge on any atom is 0.238 e. The van der Waals surface area contributed by atoms with Crippen molar-refractivity contribution < 1.29 is 18.0 Å². The molecule has 1 unspecified atom stereocenters. The minimum atomic E-state index is -3.21. The molecule has 2 aliphatic rings. The second kappa shape index (κ2) is 7.35. The van der Waals surface area contributed by atoms with Crippen molar-refractivity contribution in [1.82, 2.24) is 9.21 Å². The molecule has 7 nitrogen and oxygen atoms in total. The van der Waals surface area contributed by atoms with Crippen LogP contribution in [0.1, 0.15) is 13.3 Å². The van der Waals surface area contributed by atoms with Crippen molar-refractivity contribution in [1.29, 1.82) is 0 Å². The normalized spacial score (nSPS) is 21.6. The number of para-hydroxylation sites is 1. The van der Waals surface area contributed by atoms with Gasteiger partial charge < -0.3 is 10.2 Å². The van der Waals surface area contributed by atoms with Crippen LogP contribution in [-0.2, 0) is 19.6 Å². The van der Waals surface area contributed by atoms with E-state index < -0.39 is 15.3 Å². The summed E-state index contributed by atoms with van der Waals surface area (Å²) in [5.41, 5.74) is 0.777. The number of nitrogens with one attached hydrogen (secondary N) is 1. The maximum absolute atomic E-state index is 12.5. The minimum absolute atomic E-state index is 0.0687. The Hall–Kier alpha value is -1.58. The number of nitrogens with zero attached hydrogens (tertiary/aromatic N) is 2. The number of thioether (sulfide) groups is 1. The molecule has 0 radical (unpaired) electrons. The summed E-state index contributed by atoms with van der Waals surface area (Å²) in [7, 11) is -3.21. The highest BCUT2D eigenvalue weighted by atomic mass is 32.2. The lowest BCUT2D eigenvalue weighted by Crippen LogP contribution is -2.51. The summed E-state index contributed by atoms with van der Waals surface area (Å²) in [6.45, 7) is 2.98. The Kier molecular flexibility index (Phi) is 5.35. The quantitative estimate of drug-likeness (QED) is 0.838. The van der Waals surface area contributed by atoms with Crippen LogP contribution in [0.5, 0.6) is 0 Å². The van der Waals surface area contributed by atoms with E-state index in [9.17, 15) is 18.0 Å². The Labute approximate surface area is 151 Å². The first-order valence-corrected chi connectivity index (χ1v) is 10.7. The molecule has 2 heterocycles. The molecule has 25 heavy (non-hydrogen) atoms. The molecule has 1 N–H and O–H groups in total. The molecule has 1 atom stereocenters. The molecule has 0 aromatic heterocycles. The van der Waals surface area contributed by atoms with Gasteiger partial charge in [0, 0.05) is 37.5 Å². The van der Waals surface area contributed by atoms with Gasteiger partial charge in [-0.1, -0.05) is 12.1 Å². The molecule has 0 bridgehead atoms. The number of anilines is 1. The Morgan fingerprint density at radius 2 is 1.92 bits per heavy atom. The van der Waals surface area contributed by atoms with Crippen LogP contribution >= 0.6 is 11.8 Å². The van der Waals surface area contributed by atoms with E-state index in [1.807, 2.05) is 24.3 Å². The molecular formula is C16H21N3O4S2. The Bertz CT molecular complexity index is 773. The van der Waals surface area contributed by atoms with Crippen LogP contribution in [0.15, 0.2) is 29.2 Å². The second-order valence-corrected chi connectivity index (χ2v) is 9.48. The number of piperazine rings is 1. The number of hydrogen-bond acceptors (Lipinski definition) is 5. The Morgan fingerprint density at radius 3 is 2.60 bits per heavy atom. The van der Waals surface area contributed by atoms with Crippen LogP contribution in [0.3, 0.4) is 0 Å². The lowest BCUT2D eigenvalue weighted by molar-refractivity contribution is -0.133. The summed E-state index contributed by atoms with van der Waals surface area (Å²) in [6, 6.07) is 7.52. The van der Waals surface area contributed by atoms with Gasteiger partial charge in [0.15, 0.2) is 0 Å². The topological polar surface area (TPSA) is 86.8 Å². The van der Waals surface area contributed by atoms with Gasteiger partial charge in [0.1, 0.15) is 0 Å². The smallest absolute Gasteiger partial charge is 0.238 e. The third-order valence-electron chi connectivity index (χ3n) is 4.42. The monoisotopic (exact) mass is 383 g/mol. The van der Waals surface area contributed by atoms with Crippen molar-refractivity contribution in [2.75, 3.05) is 37.2 Å². The number of carbonyl (C=O) groups is 2. The minimum Gasteiger partial charge on any atom is -0.340 e. The fourth-order valence-corrected chi connectivity index (χ4v) is 5.10. The molecule has 0 saturated carbocycles. The van der Waals surface area contributed by atoms with Crippen molar-refractivity contribution in [3.63, 3.8) is 0 Å². The van der Waals surface area contributed by atoms with Gasteiger partial charge >= 0.3 is 0 Å². The van der Waals surface area contributed by atoms with Crippen LogP contribution in [0, 0.1) is 0 Å². The SMILES string of the molecule is CCS(=O)(=O)N1CCN(C(=O)CC2Sc3ccccc3NC2=O)CC1. The third kappa shape index (κ3) is 3.99. The van der Waals surface area contributed by atoms with Crippen molar-refractivity contribution >= 4 is 39.3 Å². The number of fused-ring (bicyclic) bond motifs is 1. The standard InChI is InChI=1S/C16H21N3O4S2/c1-2-25(22,23)19-9-7-18(8-10-19)15(20)11-14-16(21)17-12-5-3-4-6-13(12)24-14/h3-6,14H,2,7-11H2,1H3,(H,17,21). The zero-order valence-electron chi connectivity index (χ0n) is 14.0. The zero-order valence-corrected chi connectivity index (χ0v) is 15.6. The lowest BCUT2D eigenvalue weighted by Gasteiger charge is -2.34. The van der Waals surface area contributed by atoms with Crippen molar-refractivity contribution in [3.8, 4) is 0 Å². The molecule has 9 heteroatoms. The van der Waals surface area contributed by atoms with E-state index in [1.54, 1.807) is 11.8 Å². The van der Waals surface area contributed by atoms with Gasteiger partial charge in [0.25, 0.3) is 0 Å². The van der Waals surface area contributed by atoms with Crippen LogP contribution < -0.4 is 5.32 Å². The van der Waals surface area contributed by atoms with Crippen LogP contribution in [-0.4, -0.2) is 66.6 Å². The summed E-state index contributed by atoms with van der Waals surface area (Å²) in [5, 5.41) is 2.38. The highest BCUT2D eigenvalue weighted by Crippen LogP contribution is 2.36. The zero-order chi connectivity index (χ0) is 18.0. The van der Waals surface area contributed by atoms with E-state index in [4.69, 9.17) is 0 Å². The average Bonchev–Trinajstić information content (AvgIpc) is 2.62. The van der Waals surface area contributed by atoms with E-state index in [0.717, 1.165) is 10.6 Å². The summed E-state index contributed by atoms with van der Waals surface area (Å²) in [4.78, 5) is 27.3. The van der Waals surface area contributed by atoms with Crippen molar-refractivity contribution in [2.45, 2.75) is 23.5 Å². The fraction of sp³-hybridized carbons (Fsp3) is 0.500. The number of carbonyl (C=O) groups excluding carboxylic acids is 2. The molecular weight excluding hydrogens is 362 g/mol. The number of hydrogen-bond donors (Lipinski definition) is 1. The molecule has 3 rings (SSSR count). The van der Waals surface area contributed by atoms with Crippen LogP contribution in [0.2, 0.25) is 0 Å². The van der Waals surface area contributed by atoms with E-state index in [2.05, 4.69) is 5.32 Å². The lowest BCUT2D eigenvalue weighted by atomic mass is 10.2. The van der Waals surface area contributed by atoms with E-state index >= 15 is 0 Å². The van der Waals surface area contributed by atoms with Gasteiger partial charge in [-0.2, -0.15) is 4.31 Å². The van der Waals surface area contributed by atoms with E-state index in [1.165, 1.54) is 16.1 Å². The largest absolute Gasteiger partial charge is 0.340 e. The van der Waals surface area contributed by atoms with Gasteiger partial charge in [-0.25, -0.2) is 8.42 Å². The maximum atomic E-state index is 12.5. The van der Waals surface area contributed by atoms with Crippen LogP contribution in [0.4, 0.5) is 5.69 Å². The predicted molar refractivity (Wildman–Crippen MR) is 96.9 cm³/mol. The molecule has 2 aliphatic heterocycles. The Balaban J connectivity index is 1.58. The first kappa shape index (κ1) is 18.2. The number of benzene rings is 1. The molecule has 136 valence electrons. The molecule has 2 amide bonds. The first-order valence-electron chi connectivity index (χ1n) is 8.23. The highest BCUT2D eigenvalue weighted by molar-refractivity contribution is 8.01. The summed E-state index contributed by atoms with van der Waals surface area (Å²) in [6.07, 6.45) is 0.116. The summed E-state index contributed by atoms with van der Waals surface area (Å²) >= 11 is 1.40. The van der Waals surface area contributed by atoms with Crippen molar-refractivity contribution in [2.24, 2.45) is 0 Å². The molecule has 1 saturated heterocycles. The van der Waals surface area contributed by atoms with Crippen LogP contribution in [0.25, 0.3) is 0 Å². The second-order valence-electron chi connectivity index (χ2n) is 5.98. The fourth-order valence-electron chi connectivity index (χ4n) is 2.91. The molecule has 0 aliphatic carbocycles. The van der Waals surface area contributed by atoms with Crippen molar-refractivity contribution in [3.05, 3.63) is 24.3 Å². The van der Waals surface area contributed by atoms with Gasteiger partial charge in [-0.3, -0.25) is 9.59 Å². The molecule has 1 aromatic carbocycles. The van der Waals surface area contributed by atoms with Gasteiger partial charge in [-0.15, -0.1) is 11.8 Å². The predicted octanol–water partition coefficient (Wildman–Crippen LogP) is 0.983. The van der Waals surface area contributed by atoms with Gasteiger partial charge in [-0.05, 0) is 19.1 Å². The Morgan fingerprint density at radius 1 is 1.24 bits per heavy atom. The van der Waals surface area contributed by atoms with Gasteiger partial charge in [0.05, 0.1) is 16.7 Å². The highest BCUT2D eigenvalue weighted by Gasteiger charge is 2.32.